The molecule has 0 saturated carbocycles. The van der Waals surface area contributed by atoms with E-state index in [1.54, 1.807) is 0 Å². The molecule has 2 unspecified atom stereocenters. The van der Waals surface area contributed by atoms with Crippen LogP contribution < -0.4 is 0 Å². The molecule has 2 atom stereocenters. The maximum Gasteiger partial charge on any atom is 0.490 e. The summed E-state index contributed by atoms with van der Waals surface area (Å²) < 4.78 is 77.4. The number of halogens is 7. The Morgan fingerprint density at radius 3 is 1.77 bits per heavy atom. The van der Waals surface area contributed by atoms with Gasteiger partial charge in [-0.3, -0.25) is 4.74 Å². The van der Waals surface area contributed by atoms with E-state index in [0.29, 0.717) is 0 Å². The summed E-state index contributed by atoms with van der Waals surface area (Å²) in [5.41, 5.74) is 0. The monoisotopic (exact) mass is 230 g/mol. The molecule has 0 aromatic rings. The number of rotatable bonds is 0. The van der Waals surface area contributed by atoms with Crippen LogP contribution in [0.3, 0.4) is 0 Å². The maximum atomic E-state index is 12.5. The average Bonchev–Trinajstić information content (AvgIpc) is 1.97. The minimum atomic E-state index is -5.36. The second kappa shape index (κ2) is 2.64. The molecule has 0 bridgehead atoms. The molecular formula is C4HClF6O2. The Balaban J connectivity index is 2.89. The molecule has 1 aliphatic rings. The van der Waals surface area contributed by atoms with Crippen molar-refractivity contribution in [1.29, 1.82) is 0 Å². The van der Waals surface area contributed by atoms with E-state index in [1.807, 2.05) is 0 Å². The third kappa shape index (κ3) is 2.18. The van der Waals surface area contributed by atoms with E-state index in [1.165, 1.54) is 0 Å². The Morgan fingerprint density at radius 1 is 1.15 bits per heavy atom. The zero-order valence-electron chi connectivity index (χ0n) is 5.54. The van der Waals surface area contributed by atoms with Crippen molar-refractivity contribution in [2.75, 3.05) is 0 Å². The van der Waals surface area contributed by atoms with Crippen molar-refractivity contribution in [2.24, 2.45) is 0 Å². The van der Waals surface area contributed by atoms with Crippen molar-refractivity contribution in [2.45, 2.75) is 23.9 Å². The van der Waals surface area contributed by atoms with Crippen LogP contribution in [0.25, 0.3) is 0 Å². The van der Waals surface area contributed by atoms with E-state index in [9.17, 15) is 26.3 Å². The quantitative estimate of drug-likeness (QED) is 0.470. The number of ether oxygens (including phenoxy) is 2. The van der Waals surface area contributed by atoms with Crippen LogP contribution in [-0.2, 0) is 9.47 Å². The Hall–Kier alpha value is -0.210. The molecular weight excluding hydrogens is 229 g/mol. The molecule has 78 valence electrons. The molecule has 0 aliphatic carbocycles. The normalized spacial score (nSPS) is 39.5. The van der Waals surface area contributed by atoms with Gasteiger partial charge in [-0.25, -0.2) is 4.74 Å². The van der Waals surface area contributed by atoms with Crippen molar-refractivity contribution in [3.05, 3.63) is 0 Å². The highest BCUT2D eigenvalue weighted by Gasteiger charge is 2.69. The van der Waals surface area contributed by atoms with Gasteiger partial charge < -0.3 is 0 Å². The summed E-state index contributed by atoms with van der Waals surface area (Å²) in [5, 5.41) is -4.10. The summed E-state index contributed by atoms with van der Waals surface area (Å²) in [6, 6.07) is 0. The zero-order chi connectivity index (χ0) is 10.5. The van der Waals surface area contributed by atoms with E-state index in [0.717, 1.165) is 0 Å². The van der Waals surface area contributed by atoms with Gasteiger partial charge in [-0.05, 0) is 11.6 Å². The van der Waals surface area contributed by atoms with Gasteiger partial charge in [-0.2, -0.15) is 17.6 Å². The Bertz CT molecular complexity index is 213. The van der Waals surface area contributed by atoms with Crippen molar-refractivity contribution < 1.29 is 35.8 Å². The Labute approximate surface area is 72.4 Å². The number of hydrogen-bond acceptors (Lipinski definition) is 2. The van der Waals surface area contributed by atoms with Gasteiger partial charge in [0, 0.05) is 0 Å². The lowest BCUT2D eigenvalue weighted by Crippen LogP contribution is -2.41. The first kappa shape index (κ1) is 10.9. The molecule has 1 aliphatic heterocycles. The standard InChI is InChI=1S/C4HClF6O2/c5-2(6)1(3(7,8)9)12-4(10,11)13-2/h1H. The number of hydrogen-bond donors (Lipinski definition) is 0. The van der Waals surface area contributed by atoms with Crippen molar-refractivity contribution >= 4 is 11.6 Å². The van der Waals surface area contributed by atoms with Gasteiger partial charge in [-0.15, -0.1) is 8.78 Å². The predicted octanol–water partition coefficient (Wildman–Crippen LogP) is 2.38. The third-order valence-corrected chi connectivity index (χ3v) is 1.39. The van der Waals surface area contributed by atoms with Crippen molar-refractivity contribution in [3.8, 4) is 0 Å². The highest BCUT2D eigenvalue weighted by Crippen LogP contribution is 2.48. The summed E-state index contributed by atoms with van der Waals surface area (Å²) >= 11 is 4.39. The SMILES string of the molecule is FC1(F)OC(C(F)(F)F)C(F)(Cl)O1. The smallest absolute Gasteiger partial charge is 0.275 e. The molecule has 0 N–H and O–H groups in total. The second-order valence-electron chi connectivity index (χ2n) is 2.17. The molecule has 9 heteroatoms. The van der Waals surface area contributed by atoms with Gasteiger partial charge in [0.2, 0.25) is 6.10 Å². The maximum absolute atomic E-state index is 12.5. The van der Waals surface area contributed by atoms with E-state index in [4.69, 9.17) is 0 Å². The molecule has 0 radical (unpaired) electrons. The molecule has 0 aromatic heterocycles. The Kier molecular flexibility index (Phi) is 2.21. The van der Waals surface area contributed by atoms with Gasteiger partial charge in [0.25, 0.3) is 0 Å². The largest absolute Gasteiger partial charge is 0.490 e. The van der Waals surface area contributed by atoms with Gasteiger partial charge in [0.15, 0.2) is 0 Å². The summed E-state index contributed by atoms with van der Waals surface area (Å²) in [6.07, 6.45) is -13.5. The van der Waals surface area contributed by atoms with Crippen LogP contribution in [0.4, 0.5) is 26.3 Å². The molecule has 1 fully saturated rings. The summed E-state index contributed by atoms with van der Waals surface area (Å²) in [5.74, 6) is 0. The summed E-state index contributed by atoms with van der Waals surface area (Å²) in [7, 11) is 0. The zero-order valence-corrected chi connectivity index (χ0v) is 6.30. The first-order chi connectivity index (χ1) is 5.55. The minimum absolute atomic E-state index is 2.90. The molecule has 1 saturated heterocycles. The fourth-order valence-electron chi connectivity index (χ4n) is 0.699. The van der Waals surface area contributed by atoms with Gasteiger partial charge in [0.1, 0.15) is 0 Å². The molecule has 2 nitrogen and oxygen atoms in total. The van der Waals surface area contributed by atoms with Gasteiger partial charge >= 0.3 is 17.8 Å². The third-order valence-electron chi connectivity index (χ3n) is 1.11. The molecule has 1 rings (SSSR count). The van der Waals surface area contributed by atoms with Crippen LogP contribution in [0.2, 0.25) is 0 Å². The van der Waals surface area contributed by atoms with E-state index in [2.05, 4.69) is 21.1 Å². The topological polar surface area (TPSA) is 18.5 Å². The van der Waals surface area contributed by atoms with Crippen molar-refractivity contribution in [1.82, 2.24) is 0 Å². The van der Waals surface area contributed by atoms with Crippen LogP contribution in [-0.4, -0.2) is 23.9 Å². The predicted molar refractivity (Wildman–Crippen MR) is 26.7 cm³/mol. The molecule has 1 heterocycles. The fraction of sp³-hybridized carbons (Fsp3) is 1.00. The fourth-order valence-corrected chi connectivity index (χ4v) is 0.957. The van der Waals surface area contributed by atoms with E-state index >= 15 is 0 Å². The van der Waals surface area contributed by atoms with Gasteiger partial charge in [-0.1, -0.05) is 0 Å². The van der Waals surface area contributed by atoms with E-state index in [-0.39, 0.29) is 0 Å². The highest BCUT2D eigenvalue weighted by atomic mass is 35.5. The first-order valence-corrected chi connectivity index (χ1v) is 3.13. The van der Waals surface area contributed by atoms with Gasteiger partial charge in [0.05, 0.1) is 0 Å². The number of alkyl halides is 7. The van der Waals surface area contributed by atoms with E-state index < -0.39 is 23.9 Å². The van der Waals surface area contributed by atoms with Crippen LogP contribution in [0.15, 0.2) is 0 Å². The van der Waals surface area contributed by atoms with Crippen LogP contribution in [0, 0.1) is 0 Å². The van der Waals surface area contributed by atoms with Crippen LogP contribution in [0.5, 0.6) is 0 Å². The average molecular weight is 230 g/mol. The molecule has 13 heavy (non-hydrogen) atoms. The summed E-state index contributed by atoms with van der Waals surface area (Å²) in [4.78, 5) is 0. The van der Waals surface area contributed by atoms with Crippen molar-refractivity contribution in [3.63, 3.8) is 0 Å². The molecule has 0 aromatic carbocycles. The lowest BCUT2D eigenvalue weighted by Gasteiger charge is -2.18. The first-order valence-electron chi connectivity index (χ1n) is 2.75. The Morgan fingerprint density at radius 2 is 1.62 bits per heavy atom. The summed E-state index contributed by atoms with van der Waals surface area (Å²) in [6.45, 7) is 0. The minimum Gasteiger partial charge on any atom is -0.275 e. The lowest BCUT2D eigenvalue weighted by atomic mass is 10.3. The van der Waals surface area contributed by atoms with Crippen LogP contribution in [0.1, 0.15) is 0 Å². The molecule has 0 spiro atoms. The lowest BCUT2D eigenvalue weighted by molar-refractivity contribution is -0.369. The van der Waals surface area contributed by atoms with Crippen LogP contribution >= 0.6 is 11.6 Å². The molecule has 0 amide bonds. The highest BCUT2D eigenvalue weighted by molar-refractivity contribution is 6.22. The second-order valence-corrected chi connectivity index (χ2v) is 2.68.